The van der Waals surface area contributed by atoms with E-state index >= 15 is 0 Å². The molecule has 0 bridgehead atoms. The van der Waals surface area contributed by atoms with Crippen molar-refractivity contribution in [1.29, 1.82) is 0 Å². The van der Waals surface area contributed by atoms with E-state index in [4.69, 9.17) is 11.6 Å². The van der Waals surface area contributed by atoms with Gasteiger partial charge in [-0.05, 0) is 6.07 Å². The molecule has 0 aliphatic carbocycles. The molecule has 0 radical (unpaired) electrons. The molecular formula is C13H11ClF2N2OS. The van der Waals surface area contributed by atoms with Crippen LogP contribution < -0.4 is 5.32 Å². The number of halogens is 3. The van der Waals surface area contributed by atoms with Crippen molar-refractivity contribution < 1.29 is 13.6 Å². The van der Waals surface area contributed by atoms with E-state index in [-0.39, 0.29) is 24.4 Å². The maximum Gasteiger partial charge on any atom is 0.227 e. The highest BCUT2D eigenvalue weighted by molar-refractivity contribution is 7.09. The number of rotatable bonds is 5. The van der Waals surface area contributed by atoms with Crippen molar-refractivity contribution in [1.82, 2.24) is 10.3 Å². The van der Waals surface area contributed by atoms with Gasteiger partial charge in [0.15, 0.2) is 0 Å². The second-order valence-electron chi connectivity index (χ2n) is 4.06. The Morgan fingerprint density at radius 3 is 2.85 bits per heavy atom. The van der Waals surface area contributed by atoms with E-state index in [9.17, 15) is 13.6 Å². The quantitative estimate of drug-likeness (QED) is 0.862. The van der Waals surface area contributed by atoms with Gasteiger partial charge in [-0.1, -0.05) is 6.07 Å². The van der Waals surface area contributed by atoms with E-state index < -0.39 is 11.6 Å². The lowest BCUT2D eigenvalue weighted by Crippen LogP contribution is -2.25. The van der Waals surface area contributed by atoms with Crippen LogP contribution in [0.3, 0.4) is 0 Å². The Balaban J connectivity index is 1.88. The number of carbonyl (C=O) groups excluding carboxylic acids is 1. The first-order valence-electron chi connectivity index (χ1n) is 5.78. The lowest BCUT2D eigenvalue weighted by Gasteiger charge is -2.05. The van der Waals surface area contributed by atoms with Crippen LogP contribution in [0, 0.1) is 11.6 Å². The number of nitrogens with one attached hydrogen (secondary N) is 1. The largest absolute Gasteiger partial charge is 0.352 e. The maximum absolute atomic E-state index is 13.4. The van der Waals surface area contributed by atoms with Crippen LogP contribution >= 0.6 is 22.9 Å². The molecule has 3 nitrogen and oxygen atoms in total. The predicted octanol–water partition coefficient (Wildman–Crippen LogP) is 3.02. The number of carbonyl (C=O) groups is 1. The highest BCUT2D eigenvalue weighted by Gasteiger charge is 2.09. The minimum Gasteiger partial charge on any atom is -0.352 e. The van der Waals surface area contributed by atoms with Crippen molar-refractivity contribution in [3.8, 4) is 0 Å². The summed E-state index contributed by atoms with van der Waals surface area (Å²) in [7, 11) is 0. The van der Waals surface area contributed by atoms with Gasteiger partial charge in [0.2, 0.25) is 5.91 Å². The fourth-order valence-electron chi connectivity index (χ4n) is 1.55. The number of nitrogens with zero attached hydrogens (tertiary/aromatic N) is 1. The highest BCUT2D eigenvalue weighted by atomic mass is 35.5. The molecule has 1 amide bonds. The molecule has 0 aliphatic heterocycles. The average Bonchev–Trinajstić information content (AvgIpc) is 2.85. The number of hydrogen-bond donors (Lipinski definition) is 1. The minimum absolute atomic E-state index is 0.0126. The Morgan fingerprint density at radius 1 is 1.40 bits per heavy atom. The van der Waals surface area contributed by atoms with Gasteiger partial charge < -0.3 is 5.32 Å². The van der Waals surface area contributed by atoms with Crippen LogP contribution in [0.15, 0.2) is 23.6 Å². The molecule has 0 fully saturated rings. The molecule has 106 valence electrons. The fraction of sp³-hybridized carbons (Fsp3) is 0.231. The van der Waals surface area contributed by atoms with Gasteiger partial charge in [0.1, 0.15) is 16.6 Å². The Kier molecular flexibility index (Phi) is 5.03. The zero-order valence-corrected chi connectivity index (χ0v) is 11.9. The molecule has 0 aliphatic rings. The Morgan fingerprint density at radius 2 is 2.20 bits per heavy atom. The Bertz CT molecular complexity index is 618. The maximum atomic E-state index is 13.4. The second-order valence-corrected chi connectivity index (χ2v) is 5.27. The Labute approximate surface area is 123 Å². The minimum atomic E-state index is -0.677. The van der Waals surface area contributed by atoms with Crippen LogP contribution in [0.5, 0.6) is 0 Å². The van der Waals surface area contributed by atoms with E-state index in [2.05, 4.69) is 10.3 Å². The summed E-state index contributed by atoms with van der Waals surface area (Å²) in [5.41, 5.74) is 0.962. The molecule has 0 saturated heterocycles. The third kappa shape index (κ3) is 3.98. The highest BCUT2D eigenvalue weighted by Crippen LogP contribution is 2.12. The fourth-order valence-corrected chi connectivity index (χ4v) is 2.57. The number of thiazole rings is 1. The third-order valence-electron chi connectivity index (χ3n) is 2.54. The number of alkyl halides is 1. The van der Waals surface area contributed by atoms with Crippen LogP contribution in [0.25, 0.3) is 0 Å². The summed E-state index contributed by atoms with van der Waals surface area (Å²) in [4.78, 5) is 15.8. The van der Waals surface area contributed by atoms with E-state index in [0.29, 0.717) is 10.9 Å². The van der Waals surface area contributed by atoms with Crippen LogP contribution in [0.1, 0.15) is 16.3 Å². The van der Waals surface area contributed by atoms with Crippen molar-refractivity contribution in [3.63, 3.8) is 0 Å². The van der Waals surface area contributed by atoms with Gasteiger partial charge in [0.25, 0.3) is 0 Å². The van der Waals surface area contributed by atoms with Crippen LogP contribution in [-0.4, -0.2) is 10.9 Å². The standard InChI is InChI=1S/C13H11ClF2N2OS/c14-5-10-7-20-13(18-10)4-12(19)17-6-8-1-2-9(15)3-11(8)16/h1-3,7H,4-6H2,(H,17,19). The normalized spacial score (nSPS) is 10.6. The summed E-state index contributed by atoms with van der Waals surface area (Å²) in [5, 5.41) is 5.00. The summed E-state index contributed by atoms with van der Waals surface area (Å²) >= 11 is 6.97. The van der Waals surface area contributed by atoms with E-state index in [0.717, 1.165) is 17.8 Å². The SMILES string of the molecule is O=C(Cc1nc(CCl)cs1)NCc1ccc(F)cc1F. The molecule has 1 aromatic carbocycles. The predicted molar refractivity (Wildman–Crippen MR) is 73.6 cm³/mol. The first kappa shape index (κ1) is 14.9. The number of benzene rings is 1. The van der Waals surface area contributed by atoms with Crippen LogP contribution in [-0.2, 0) is 23.6 Å². The van der Waals surface area contributed by atoms with Gasteiger partial charge in [0.05, 0.1) is 18.0 Å². The molecule has 1 heterocycles. The number of hydrogen-bond acceptors (Lipinski definition) is 3. The molecule has 2 aromatic rings. The molecule has 1 N–H and O–H groups in total. The average molecular weight is 317 g/mol. The van der Waals surface area contributed by atoms with Gasteiger partial charge in [0, 0.05) is 23.6 Å². The zero-order valence-electron chi connectivity index (χ0n) is 10.3. The van der Waals surface area contributed by atoms with Gasteiger partial charge in [-0.15, -0.1) is 22.9 Å². The van der Waals surface area contributed by atoms with E-state index in [1.165, 1.54) is 17.4 Å². The molecule has 0 unspecified atom stereocenters. The molecule has 0 atom stereocenters. The van der Waals surface area contributed by atoms with Crippen molar-refractivity contribution in [2.75, 3.05) is 0 Å². The number of amides is 1. The summed E-state index contributed by atoms with van der Waals surface area (Å²) in [6.45, 7) is 0.0126. The summed E-state index contributed by atoms with van der Waals surface area (Å²) in [5.74, 6) is -1.29. The van der Waals surface area contributed by atoms with Crippen molar-refractivity contribution in [2.24, 2.45) is 0 Å². The second kappa shape index (κ2) is 6.76. The summed E-state index contributed by atoms with van der Waals surface area (Å²) in [6.07, 6.45) is 0.115. The lowest BCUT2D eigenvalue weighted by atomic mass is 10.2. The number of aromatic nitrogens is 1. The van der Waals surface area contributed by atoms with Crippen molar-refractivity contribution in [2.45, 2.75) is 18.8 Å². The third-order valence-corrected chi connectivity index (χ3v) is 3.71. The molecule has 7 heteroatoms. The first-order valence-corrected chi connectivity index (χ1v) is 7.20. The van der Waals surface area contributed by atoms with Crippen molar-refractivity contribution in [3.05, 3.63) is 51.5 Å². The zero-order chi connectivity index (χ0) is 14.5. The van der Waals surface area contributed by atoms with E-state index in [1.807, 2.05) is 0 Å². The van der Waals surface area contributed by atoms with Crippen LogP contribution in [0.2, 0.25) is 0 Å². The topological polar surface area (TPSA) is 42.0 Å². The van der Waals surface area contributed by atoms with Gasteiger partial charge in [-0.2, -0.15) is 0 Å². The molecule has 0 saturated carbocycles. The van der Waals surface area contributed by atoms with Crippen molar-refractivity contribution >= 4 is 28.8 Å². The molecule has 0 spiro atoms. The summed E-state index contributed by atoms with van der Waals surface area (Å²) < 4.78 is 26.1. The first-order chi connectivity index (χ1) is 9.58. The molecule has 1 aromatic heterocycles. The lowest BCUT2D eigenvalue weighted by molar-refractivity contribution is -0.120. The monoisotopic (exact) mass is 316 g/mol. The Hall–Kier alpha value is -1.53. The summed E-state index contributed by atoms with van der Waals surface area (Å²) in [6, 6.07) is 3.24. The van der Waals surface area contributed by atoms with Gasteiger partial charge >= 0.3 is 0 Å². The van der Waals surface area contributed by atoms with Gasteiger partial charge in [-0.3, -0.25) is 4.79 Å². The van der Waals surface area contributed by atoms with Gasteiger partial charge in [-0.25, -0.2) is 13.8 Å². The smallest absolute Gasteiger partial charge is 0.227 e. The molecular weight excluding hydrogens is 306 g/mol. The van der Waals surface area contributed by atoms with Crippen LogP contribution in [0.4, 0.5) is 8.78 Å². The molecule has 2 rings (SSSR count). The molecule has 20 heavy (non-hydrogen) atoms. The van der Waals surface area contributed by atoms with E-state index in [1.54, 1.807) is 5.38 Å².